The highest BCUT2D eigenvalue weighted by Gasteiger charge is 2.24. The smallest absolute Gasteiger partial charge is 0.259 e. The monoisotopic (exact) mass is 493 g/mol. The Balaban J connectivity index is 1.57. The second-order valence-electron chi connectivity index (χ2n) is 8.52. The third-order valence-electron chi connectivity index (χ3n) is 5.99. The molecule has 36 heavy (non-hydrogen) atoms. The van der Waals surface area contributed by atoms with Gasteiger partial charge in [-0.2, -0.15) is 0 Å². The van der Waals surface area contributed by atoms with Crippen molar-refractivity contribution in [3.63, 3.8) is 0 Å². The highest BCUT2D eigenvalue weighted by Crippen LogP contribution is 2.27. The predicted molar refractivity (Wildman–Crippen MR) is 135 cm³/mol. The second-order valence-corrected chi connectivity index (χ2v) is 8.52. The number of ether oxygens (including phenoxy) is 1. The van der Waals surface area contributed by atoms with Gasteiger partial charge in [0.1, 0.15) is 11.6 Å². The molecule has 0 spiro atoms. The van der Waals surface area contributed by atoms with Crippen molar-refractivity contribution >= 4 is 34.8 Å². The van der Waals surface area contributed by atoms with Gasteiger partial charge in [-0.1, -0.05) is 25.0 Å². The lowest BCUT2D eigenvalue weighted by molar-refractivity contribution is 0.0997. The van der Waals surface area contributed by atoms with Crippen LogP contribution in [0.1, 0.15) is 46.4 Å². The maximum Gasteiger partial charge on any atom is 0.259 e. The minimum absolute atomic E-state index is 0.0292. The van der Waals surface area contributed by atoms with E-state index in [1.165, 1.54) is 19.5 Å². The number of nitrogens with zero attached hydrogens (tertiary/aromatic N) is 2. The normalized spacial score (nSPS) is 17.2. The predicted octanol–water partition coefficient (Wildman–Crippen LogP) is 3.40. The molecule has 1 aromatic carbocycles. The Hall–Kier alpha value is -4.25. The number of hydrogen-bond donors (Lipinski definition) is 5. The third-order valence-corrected chi connectivity index (χ3v) is 5.99. The zero-order chi connectivity index (χ0) is 25.7. The summed E-state index contributed by atoms with van der Waals surface area (Å²) in [6, 6.07) is 9.18. The Morgan fingerprint density at radius 2 is 1.81 bits per heavy atom. The van der Waals surface area contributed by atoms with Crippen molar-refractivity contribution in [2.45, 2.75) is 37.8 Å². The van der Waals surface area contributed by atoms with Crippen molar-refractivity contribution in [1.82, 2.24) is 9.97 Å². The average molecular weight is 494 g/mol. The number of methoxy groups -OCH3 is 1. The molecule has 2 amide bonds. The Morgan fingerprint density at radius 1 is 1.06 bits per heavy atom. The molecule has 0 bridgehead atoms. The van der Waals surface area contributed by atoms with Crippen LogP contribution in [-0.2, 0) is 0 Å². The average Bonchev–Trinajstić information content (AvgIpc) is 2.87. The zero-order valence-corrected chi connectivity index (χ0v) is 19.8. The van der Waals surface area contributed by atoms with E-state index >= 15 is 0 Å². The van der Waals surface area contributed by atoms with E-state index in [0.717, 1.165) is 31.7 Å². The SMILES string of the molecule is COc1ccccc1C(=O)Nc1cncc(Nc2nc(NC3CCCC[C@@H]3N)c(F)cc2C(N)=O)c1. The lowest BCUT2D eigenvalue weighted by Crippen LogP contribution is -2.43. The standard InChI is InChI=1S/C25H28FN7O3/c1-36-21-9-5-2-6-16(21)25(35)31-15-10-14(12-29-13-15)30-23-17(22(28)34)11-18(26)24(33-23)32-20-8-4-3-7-19(20)27/h2,5-6,9-13,19-20H,3-4,7-8,27H2,1H3,(H2,28,34)(H,31,35)(H2,30,32,33)/t19-,20?/m0/s1. The van der Waals surface area contributed by atoms with E-state index in [1.54, 1.807) is 30.3 Å². The first-order chi connectivity index (χ1) is 17.4. The summed E-state index contributed by atoms with van der Waals surface area (Å²) in [5.41, 5.74) is 12.7. The molecular formula is C25H28FN7O3. The lowest BCUT2D eigenvalue weighted by atomic mass is 9.91. The maximum atomic E-state index is 14.8. The number of halogens is 1. The zero-order valence-electron chi connectivity index (χ0n) is 19.8. The number of primary amides is 1. The van der Waals surface area contributed by atoms with Gasteiger partial charge >= 0.3 is 0 Å². The third kappa shape index (κ3) is 5.69. The molecule has 3 aromatic rings. The van der Waals surface area contributed by atoms with Gasteiger partial charge < -0.3 is 32.2 Å². The summed E-state index contributed by atoms with van der Waals surface area (Å²) in [7, 11) is 1.48. The molecule has 11 heteroatoms. The van der Waals surface area contributed by atoms with Crippen LogP contribution < -0.4 is 32.2 Å². The number of benzene rings is 1. The van der Waals surface area contributed by atoms with Crippen LogP contribution in [-0.4, -0.2) is 41.0 Å². The molecule has 0 radical (unpaired) electrons. The van der Waals surface area contributed by atoms with E-state index in [4.69, 9.17) is 16.2 Å². The van der Waals surface area contributed by atoms with Crippen LogP contribution in [0.25, 0.3) is 0 Å². The summed E-state index contributed by atoms with van der Waals surface area (Å²) in [6.07, 6.45) is 6.57. The van der Waals surface area contributed by atoms with Crippen LogP contribution in [0.4, 0.5) is 27.4 Å². The second kappa shape index (κ2) is 11.0. The van der Waals surface area contributed by atoms with Gasteiger partial charge in [-0.25, -0.2) is 9.37 Å². The fourth-order valence-corrected chi connectivity index (χ4v) is 4.13. The summed E-state index contributed by atoms with van der Waals surface area (Å²) in [5.74, 6) is -1.50. The number of nitrogens with one attached hydrogen (secondary N) is 3. The molecule has 1 unspecified atom stereocenters. The van der Waals surface area contributed by atoms with Gasteiger partial charge in [-0.3, -0.25) is 14.6 Å². The van der Waals surface area contributed by atoms with Gasteiger partial charge in [-0.05, 0) is 37.1 Å². The fourth-order valence-electron chi connectivity index (χ4n) is 4.13. The van der Waals surface area contributed by atoms with Crippen LogP contribution in [0.3, 0.4) is 0 Å². The van der Waals surface area contributed by atoms with Crippen LogP contribution >= 0.6 is 0 Å². The van der Waals surface area contributed by atoms with Crippen LogP contribution in [0.15, 0.2) is 48.8 Å². The minimum Gasteiger partial charge on any atom is -0.496 e. The molecule has 0 aliphatic heterocycles. The number of rotatable bonds is 8. The van der Waals surface area contributed by atoms with Crippen molar-refractivity contribution in [2.75, 3.05) is 23.1 Å². The molecule has 0 saturated heterocycles. The van der Waals surface area contributed by atoms with Gasteiger partial charge in [0.15, 0.2) is 11.6 Å². The Bertz CT molecular complexity index is 1270. The maximum absolute atomic E-state index is 14.8. The first kappa shape index (κ1) is 24.9. The number of carbonyl (C=O) groups excluding carboxylic acids is 2. The number of pyridine rings is 2. The van der Waals surface area contributed by atoms with Crippen molar-refractivity contribution in [3.05, 3.63) is 65.7 Å². The van der Waals surface area contributed by atoms with Gasteiger partial charge in [0.05, 0.1) is 42.0 Å². The highest BCUT2D eigenvalue weighted by atomic mass is 19.1. The number of carbonyl (C=O) groups is 2. The molecule has 2 atom stereocenters. The molecule has 2 aromatic heterocycles. The van der Waals surface area contributed by atoms with E-state index in [2.05, 4.69) is 25.9 Å². The number of hydrogen-bond acceptors (Lipinski definition) is 8. The lowest BCUT2D eigenvalue weighted by Gasteiger charge is -2.30. The van der Waals surface area contributed by atoms with Gasteiger partial charge in [0.2, 0.25) is 0 Å². The number of anilines is 4. The van der Waals surface area contributed by atoms with E-state index in [0.29, 0.717) is 22.7 Å². The van der Waals surface area contributed by atoms with Gasteiger partial charge in [0.25, 0.3) is 11.8 Å². The Kier molecular flexibility index (Phi) is 7.59. The summed E-state index contributed by atoms with van der Waals surface area (Å²) in [4.78, 5) is 33.2. The quantitative estimate of drug-likeness (QED) is 0.319. The Labute approximate surface area is 207 Å². The van der Waals surface area contributed by atoms with Crippen molar-refractivity contribution in [1.29, 1.82) is 0 Å². The molecule has 4 rings (SSSR count). The molecule has 1 aliphatic rings. The van der Waals surface area contributed by atoms with Gasteiger partial charge in [0, 0.05) is 12.1 Å². The van der Waals surface area contributed by atoms with Crippen molar-refractivity contribution in [3.8, 4) is 5.75 Å². The van der Waals surface area contributed by atoms with E-state index < -0.39 is 11.7 Å². The minimum atomic E-state index is -0.849. The number of aromatic nitrogens is 2. The summed E-state index contributed by atoms with van der Waals surface area (Å²) < 4.78 is 20.0. The fraction of sp³-hybridized carbons (Fsp3) is 0.280. The van der Waals surface area contributed by atoms with Crippen molar-refractivity contribution < 1.29 is 18.7 Å². The molecule has 2 heterocycles. The molecule has 7 N–H and O–H groups in total. The summed E-state index contributed by atoms with van der Waals surface area (Å²) in [5, 5.41) is 8.78. The topological polar surface area (TPSA) is 157 Å². The first-order valence-corrected chi connectivity index (χ1v) is 11.5. The van der Waals surface area contributed by atoms with E-state index in [9.17, 15) is 14.0 Å². The molecule has 1 aliphatic carbocycles. The number of amides is 2. The molecule has 188 valence electrons. The van der Waals surface area contributed by atoms with Crippen LogP contribution in [0.2, 0.25) is 0 Å². The van der Waals surface area contributed by atoms with Crippen LogP contribution in [0, 0.1) is 5.82 Å². The molecule has 10 nitrogen and oxygen atoms in total. The largest absolute Gasteiger partial charge is 0.496 e. The Morgan fingerprint density at radius 3 is 2.56 bits per heavy atom. The van der Waals surface area contributed by atoms with E-state index in [-0.39, 0.29) is 35.2 Å². The van der Waals surface area contributed by atoms with Crippen LogP contribution in [0.5, 0.6) is 5.75 Å². The van der Waals surface area contributed by atoms with Gasteiger partial charge in [-0.15, -0.1) is 0 Å². The number of para-hydroxylation sites is 1. The van der Waals surface area contributed by atoms with E-state index in [1.807, 2.05) is 0 Å². The number of nitrogens with two attached hydrogens (primary N) is 2. The molecular weight excluding hydrogens is 465 g/mol. The molecule has 1 fully saturated rings. The molecule has 1 saturated carbocycles. The highest BCUT2D eigenvalue weighted by molar-refractivity contribution is 6.06. The summed E-state index contributed by atoms with van der Waals surface area (Å²) >= 11 is 0. The van der Waals surface area contributed by atoms with Crippen molar-refractivity contribution in [2.24, 2.45) is 11.5 Å². The first-order valence-electron chi connectivity index (χ1n) is 11.5. The summed E-state index contributed by atoms with van der Waals surface area (Å²) in [6.45, 7) is 0.